The number of nitriles is 1. The number of nitrogens with one attached hydrogen (secondary N) is 2. The van der Waals surface area contributed by atoms with Crippen LogP contribution in [0.2, 0.25) is 0 Å². The Kier molecular flexibility index (Phi) is 17.8. The van der Waals surface area contributed by atoms with Crippen LogP contribution in [-0.4, -0.2) is 128 Å². The zero-order valence-electron chi connectivity index (χ0n) is 34.4. The first-order valence-electron chi connectivity index (χ1n) is 19.9. The summed E-state index contributed by atoms with van der Waals surface area (Å²) < 4.78 is 26.2. The molecule has 2 heterocycles. The monoisotopic (exact) mass is 772 g/mol. The minimum atomic E-state index is -1.07. The number of rotatable bonds is 19. The van der Waals surface area contributed by atoms with E-state index in [2.05, 4.69) is 16.7 Å². The highest BCUT2D eigenvalue weighted by atomic mass is 19.1. The minimum Gasteiger partial charge on any atom is -0.399 e. The number of halogens is 1. The highest BCUT2D eigenvalue weighted by Gasteiger charge is 2.43. The van der Waals surface area contributed by atoms with Crippen LogP contribution in [-0.2, 0) is 35.1 Å². The first kappa shape index (κ1) is 45.6. The van der Waals surface area contributed by atoms with Crippen molar-refractivity contribution in [1.29, 1.82) is 5.26 Å². The van der Waals surface area contributed by atoms with Crippen LogP contribution in [0.1, 0.15) is 85.1 Å². The Balaban J connectivity index is 1.75. The number of nitrogens with zero attached hydrogens (tertiary/aromatic N) is 4. The number of amides is 4. The van der Waals surface area contributed by atoms with Crippen molar-refractivity contribution in [3.05, 3.63) is 29.8 Å². The third-order valence-electron chi connectivity index (χ3n) is 11.7. The van der Waals surface area contributed by atoms with Gasteiger partial charge in [0.05, 0.1) is 55.2 Å². The molecule has 3 rings (SSSR count). The van der Waals surface area contributed by atoms with E-state index < -0.39 is 48.5 Å². The number of benzene rings is 1. The standard InChI is InChI=1S/C41H66FN7O6/c1-10-26(4)37(48(7)41(53)36(25(2)3)46-40(52)33-23-29(42)17-20-47(33)6)34(54-8)24-35(50)49-19-12-15-32(49)38(55-9)27(5)39(51)45-31(16-18-43)22-28-13-11-14-30(44)21-28/h11,13-14,21,25-27,29,31-34,36-38H,10,12,15-17,19-20,22-24,44H2,1-9H3,(H,45,51)(H,46,52)/t26-,27+,29-,31+,32-,33-,34+,36-,37-,38+/m0/s1. The molecular formula is C41H66FN7O6. The normalized spacial score (nSPS) is 22.8. The summed E-state index contributed by atoms with van der Waals surface area (Å²) in [5.74, 6) is -2.07. The summed E-state index contributed by atoms with van der Waals surface area (Å²) in [5, 5.41) is 15.4. The fourth-order valence-corrected chi connectivity index (χ4v) is 8.26. The fraction of sp³-hybridized carbons (Fsp3) is 0.732. The molecule has 14 heteroatoms. The summed E-state index contributed by atoms with van der Waals surface area (Å²) >= 11 is 0. The van der Waals surface area contributed by atoms with E-state index in [4.69, 9.17) is 15.2 Å². The number of carbonyl (C=O) groups excluding carboxylic acids is 4. The molecule has 10 atom stereocenters. The average molecular weight is 772 g/mol. The van der Waals surface area contributed by atoms with Crippen LogP contribution in [0.5, 0.6) is 0 Å². The van der Waals surface area contributed by atoms with E-state index in [-0.39, 0.29) is 60.8 Å². The SMILES string of the molecule is CC[C@H](C)[C@@H]([C@@H](CC(=O)N1CCC[C@H]1[C@H](OC)[C@@H](C)C(=O)N[C@H](CC#N)Cc1cccc(N)c1)OC)N(C)C(=O)[C@@H](NC(=O)[C@@H]1C[C@@H](F)CCN1C)C(C)C. The predicted molar refractivity (Wildman–Crippen MR) is 210 cm³/mol. The first-order valence-corrected chi connectivity index (χ1v) is 19.9. The number of hydrogen-bond donors (Lipinski definition) is 3. The molecule has 4 N–H and O–H groups in total. The molecule has 1 aromatic rings. The lowest BCUT2D eigenvalue weighted by molar-refractivity contribution is -0.148. The molecule has 308 valence electrons. The number of nitrogens with two attached hydrogens (primary N) is 1. The van der Waals surface area contributed by atoms with Crippen molar-refractivity contribution in [1.82, 2.24) is 25.3 Å². The summed E-state index contributed by atoms with van der Waals surface area (Å²) in [6.45, 7) is 10.5. The molecule has 55 heavy (non-hydrogen) atoms. The maximum Gasteiger partial charge on any atom is 0.245 e. The lowest BCUT2D eigenvalue weighted by Gasteiger charge is -2.41. The lowest BCUT2D eigenvalue weighted by Crippen LogP contribution is -2.60. The predicted octanol–water partition coefficient (Wildman–Crippen LogP) is 3.70. The molecule has 0 aliphatic carbocycles. The molecule has 0 saturated carbocycles. The maximum absolute atomic E-state index is 14.3. The number of anilines is 1. The van der Waals surface area contributed by atoms with Gasteiger partial charge < -0.3 is 35.6 Å². The highest BCUT2D eigenvalue weighted by Crippen LogP contribution is 2.30. The summed E-state index contributed by atoms with van der Waals surface area (Å²) in [7, 11) is 6.55. The second-order valence-electron chi connectivity index (χ2n) is 16.0. The molecule has 0 bridgehead atoms. The van der Waals surface area contributed by atoms with Crippen molar-refractivity contribution in [2.75, 3.05) is 47.1 Å². The molecule has 0 unspecified atom stereocenters. The van der Waals surface area contributed by atoms with Gasteiger partial charge in [-0.3, -0.25) is 24.1 Å². The smallest absolute Gasteiger partial charge is 0.245 e. The number of carbonyl (C=O) groups is 4. The van der Waals surface area contributed by atoms with Crippen molar-refractivity contribution in [2.45, 2.75) is 135 Å². The van der Waals surface area contributed by atoms with Crippen LogP contribution in [0.3, 0.4) is 0 Å². The van der Waals surface area contributed by atoms with Crippen molar-refractivity contribution >= 4 is 29.3 Å². The summed E-state index contributed by atoms with van der Waals surface area (Å²) in [6.07, 6.45) is 0.740. The third-order valence-corrected chi connectivity index (χ3v) is 11.7. The Morgan fingerprint density at radius 3 is 2.40 bits per heavy atom. The number of alkyl halides is 1. The number of nitrogen functional groups attached to an aromatic ring is 1. The van der Waals surface area contributed by atoms with E-state index in [0.717, 1.165) is 12.0 Å². The molecule has 0 spiro atoms. The molecule has 2 aliphatic heterocycles. The van der Waals surface area contributed by atoms with Crippen LogP contribution in [0.25, 0.3) is 0 Å². The topological polar surface area (TPSA) is 170 Å². The zero-order valence-corrected chi connectivity index (χ0v) is 34.4. The quantitative estimate of drug-likeness (QED) is 0.178. The largest absolute Gasteiger partial charge is 0.399 e. The van der Waals surface area contributed by atoms with Crippen molar-refractivity contribution in [3.63, 3.8) is 0 Å². The Bertz CT molecular complexity index is 1470. The summed E-state index contributed by atoms with van der Waals surface area (Å²) in [5.41, 5.74) is 7.46. The molecular weight excluding hydrogens is 705 g/mol. The van der Waals surface area contributed by atoms with Crippen LogP contribution in [0.15, 0.2) is 24.3 Å². The van der Waals surface area contributed by atoms with Crippen molar-refractivity contribution in [2.24, 2.45) is 17.8 Å². The van der Waals surface area contributed by atoms with Crippen molar-refractivity contribution < 1.29 is 33.0 Å². The van der Waals surface area contributed by atoms with Crippen LogP contribution >= 0.6 is 0 Å². The molecule has 4 amide bonds. The van der Waals surface area contributed by atoms with Gasteiger partial charge in [-0.2, -0.15) is 5.26 Å². The molecule has 13 nitrogen and oxygen atoms in total. The van der Waals surface area contributed by atoms with Crippen molar-refractivity contribution in [3.8, 4) is 6.07 Å². The van der Waals surface area contributed by atoms with Gasteiger partial charge in [-0.25, -0.2) is 4.39 Å². The zero-order chi connectivity index (χ0) is 41.0. The van der Waals surface area contributed by atoms with E-state index in [1.54, 1.807) is 44.0 Å². The molecule has 2 fully saturated rings. The number of likely N-dealkylation sites (N-methyl/N-ethyl adjacent to an activating group) is 2. The maximum atomic E-state index is 14.3. The van der Waals surface area contributed by atoms with Gasteiger partial charge in [-0.05, 0) is 62.3 Å². The Morgan fingerprint density at radius 1 is 1.09 bits per heavy atom. The Morgan fingerprint density at radius 2 is 1.80 bits per heavy atom. The van der Waals surface area contributed by atoms with E-state index in [1.165, 1.54) is 7.11 Å². The van der Waals surface area contributed by atoms with E-state index >= 15 is 0 Å². The fourth-order valence-electron chi connectivity index (χ4n) is 8.26. The second kappa shape index (κ2) is 21.5. The molecule has 0 aromatic heterocycles. The minimum absolute atomic E-state index is 0.00937. The molecule has 2 saturated heterocycles. The highest BCUT2D eigenvalue weighted by molar-refractivity contribution is 5.90. The Hall–Kier alpha value is -3.80. The van der Waals surface area contributed by atoms with Crippen LogP contribution in [0.4, 0.5) is 10.1 Å². The lowest BCUT2D eigenvalue weighted by atomic mass is 9.89. The van der Waals surface area contributed by atoms with Crippen LogP contribution in [0, 0.1) is 29.1 Å². The van der Waals surface area contributed by atoms with Gasteiger partial charge in [0.1, 0.15) is 12.2 Å². The van der Waals surface area contributed by atoms with E-state index in [0.29, 0.717) is 44.5 Å². The molecule has 0 radical (unpaired) electrons. The van der Waals surface area contributed by atoms with Gasteiger partial charge >= 0.3 is 0 Å². The van der Waals surface area contributed by atoms with E-state index in [1.807, 2.05) is 50.8 Å². The number of piperidine rings is 1. The molecule has 2 aliphatic rings. The van der Waals surface area contributed by atoms with Gasteiger partial charge in [-0.15, -0.1) is 0 Å². The summed E-state index contributed by atoms with van der Waals surface area (Å²) in [4.78, 5) is 60.7. The van der Waals surface area contributed by atoms with Gasteiger partial charge in [0.25, 0.3) is 0 Å². The molecule has 1 aromatic carbocycles. The van der Waals surface area contributed by atoms with Gasteiger partial charge in [0, 0.05) is 52.5 Å². The average Bonchev–Trinajstić information content (AvgIpc) is 3.63. The Labute approximate surface area is 327 Å². The number of likely N-dealkylation sites (tertiary alicyclic amines) is 2. The third kappa shape index (κ3) is 12.1. The number of ether oxygens (including phenoxy) is 2. The van der Waals surface area contributed by atoms with Gasteiger partial charge in [-0.1, -0.05) is 53.2 Å². The van der Waals surface area contributed by atoms with E-state index in [9.17, 15) is 28.8 Å². The summed E-state index contributed by atoms with van der Waals surface area (Å²) in [6, 6.07) is 6.69. The second-order valence-corrected chi connectivity index (χ2v) is 16.0. The number of hydrogen-bond acceptors (Lipinski definition) is 9. The first-order chi connectivity index (χ1) is 26.1. The van der Waals surface area contributed by atoms with Crippen LogP contribution < -0.4 is 16.4 Å². The van der Waals surface area contributed by atoms with Gasteiger partial charge in [0.15, 0.2) is 0 Å². The van der Waals surface area contributed by atoms with Gasteiger partial charge in [0.2, 0.25) is 23.6 Å². The number of methoxy groups -OCH3 is 2.